The van der Waals surface area contributed by atoms with Crippen LogP contribution in [-0.4, -0.2) is 50.2 Å². The van der Waals surface area contributed by atoms with Crippen molar-refractivity contribution >= 4 is 5.91 Å². The summed E-state index contributed by atoms with van der Waals surface area (Å²) >= 11 is 0. The number of hydrogen-bond donors (Lipinski definition) is 1. The summed E-state index contributed by atoms with van der Waals surface area (Å²) in [5, 5.41) is 3.20. The fraction of sp³-hybridized carbons (Fsp3) is 0.900. The molecule has 0 bridgehead atoms. The fourth-order valence-electron chi connectivity index (χ4n) is 1.71. The van der Waals surface area contributed by atoms with Gasteiger partial charge in [0.15, 0.2) is 0 Å². The number of ether oxygens (including phenoxy) is 1. The lowest BCUT2D eigenvalue weighted by molar-refractivity contribution is -0.134. The van der Waals surface area contributed by atoms with E-state index in [1.54, 1.807) is 12.0 Å². The number of nitrogens with one attached hydrogen (secondary N) is 1. The van der Waals surface area contributed by atoms with Crippen molar-refractivity contribution in [1.82, 2.24) is 10.2 Å². The minimum atomic E-state index is 0.0271. The zero-order valence-electron chi connectivity index (χ0n) is 9.25. The van der Waals surface area contributed by atoms with Gasteiger partial charge in [0, 0.05) is 14.2 Å². The van der Waals surface area contributed by atoms with Gasteiger partial charge in [0.05, 0.1) is 18.7 Å². The molecule has 1 aliphatic heterocycles. The Hall–Kier alpha value is -0.610. The molecule has 0 spiro atoms. The maximum absolute atomic E-state index is 11.9. The Balaban J connectivity index is 2.42. The first kappa shape index (κ1) is 11.5. The molecular formula is C10H20N2O2. The number of nitrogens with zero attached hydrogens (tertiary/aromatic N) is 1. The Morgan fingerprint density at radius 3 is 2.93 bits per heavy atom. The van der Waals surface area contributed by atoms with E-state index < -0.39 is 0 Å². The Morgan fingerprint density at radius 2 is 2.43 bits per heavy atom. The van der Waals surface area contributed by atoms with Gasteiger partial charge in [-0.3, -0.25) is 4.79 Å². The van der Waals surface area contributed by atoms with Crippen LogP contribution in [0.5, 0.6) is 0 Å². The van der Waals surface area contributed by atoms with Crippen molar-refractivity contribution in [2.45, 2.75) is 31.8 Å². The normalized spacial score (nSPS) is 23.5. The molecule has 0 aromatic heterocycles. The van der Waals surface area contributed by atoms with Crippen LogP contribution in [0.15, 0.2) is 0 Å². The third kappa shape index (κ3) is 2.69. The number of amides is 1. The van der Waals surface area contributed by atoms with Crippen molar-refractivity contribution in [2.75, 3.05) is 27.3 Å². The SMILES string of the molecule is COCC(C)N(C)C(=O)C1CCCN1. The highest BCUT2D eigenvalue weighted by atomic mass is 16.5. The molecule has 82 valence electrons. The van der Waals surface area contributed by atoms with Crippen molar-refractivity contribution < 1.29 is 9.53 Å². The number of likely N-dealkylation sites (N-methyl/N-ethyl adjacent to an activating group) is 1. The molecule has 1 fully saturated rings. The van der Waals surface area contributed by atoms with Crippen LogP contribution in [0.2, 0.25) is 0 Å². The van der Waals surface area contributed by atoms with Crippen molar-refractivity contribution in [3.63, 3.8) is 0 Å². The molecule has 0 aromatic rings. The number of hydrogen-bond acceptors (Lipinski definition) is 3. The third-order valence-corrected chi connectivity index (χ3v) is 2.78. The van der Waals surface area contributed by atoms with E-state index in [2.05, 4.69) is 5.32 Å². The Kier molecular flexibility index (Phi) is 4.35. The van der Waals surface area contributed by atoms with E-state index in [1.807, 2.05) is 14.0 Å². The average molecular weight is 200 g/mol. The summed E-state index contributed by atoms with van der Waals surface area (Å²) in [6.45, 7) is 3.55. The summed E-state index contributed by atoms with van der Waals surface area (Å²) in [4.78, 5) is 13.6. The van der Waals surface area contributed by atoms with Gasteiger partial charge in [-0.15, -0.1) is 0 Å². The molecule has 1 heterocycles. The summed E-state index contributed by atoms with van der Waals surface area (Å²) < 4.78 is 5.02. The molecule has 0 radical (unpaired) electrons. The lowest BCUT2D eigenvalue weighted by Gasteiger charge is -2.27. The Labute approximate surface area is 85.6 Å². The van der Waals surface area contributed by atoms with Gasteiger partial charge in [-0.05, 0) is 26.3 Å². The highest BCUT2D eigenvalue weighted by molar-refractivity contribution is 5.82. The van der Waals surface area contributed by atoms with Gasteiger partial charge < -0.3 is 15.0 Å². The monoisotopic (exact) mass is 200 g/mol. The molecule has 1 saturated heterocycles. The van der Waals surface area contributed by atoms with E-state index in [0.717, 1.165) is 19.4 Å². The predicted molar refractivity (Wildman–Crippen MR) is 55.1 cm³/mol. The zero-order chi connectivity index (χ0) is 10.6. The van der Waals surface area contributed by atoms with E-state index in [0.29, 0.717) is 6.61 Å². The summed E-state index contributed by atoms with van der Waals surface area (Å²) in [5.74, 6) is 0.187. The maximum atomic E-state index is 11.9. The van der Waals surface area contributed by atoms with Gasteiger partial charge in [0.2, 0.25) is 5.91 Å². The standard InChI is InChI=1S/C10H20N2O2/c1-8(7-14-3)12(2)10(13)9-5-4-6-11-9/h8-9,11H,4-7H2,1-3H3. The molecule has 1 amide bonds. The topological polar surface area (TPSA) is 41.6 Å². The molecule has 2 unspecified atom stereocenters. The molecule has 2 atom stereocenters. The quantitative estimate of drug-likeness (QED) is 0.706. The molecule has 1 N–H and O–H groups in total. The zero-order valence-corrected chi connectivity index (χ0v) is 9.25. The van der Waals surface area contributed by atoms with Crippen molar-refractivity contribution in [3.8, 4) is 0 Å². The fourth-order valence-corrected chi connectivity index (χ4v) is 1.71. The van der Waals surface area contributed by atoms with Crippen molar-refractivity contribution in [3.05, 3.63) is 0 Å². The van der Waals surface area contributed by atoms with Gasteiger partial charge in [-0.1, -0.05) is 0 Å². The largest absolute Gasteiger partial charge is 0.383 e. The van der Waals surface area contributed by atoms with E-state index in [1.165, 1.54) is 0 Å². The van der Waals surface area contributed by atoms with Crippen LogP contribution in [0.25, 0.3) is 0 Å². The van der Waals surface area contributed by atoms with Crippen LogP contribution >= 0.6 is 0 Å². The second-order valence-electron chi connectivity index (χ2n) is 3.90. The Morgan fingerprint density at radius 1 is 1.71 bits per heavy atom. The van der Waals surface area contributed by atoms with Crippen LogP contribution in [0.3, 0.4) is 0 Å². The molecule has 4 nitrogen and oxygen atoms in total. The summed E-state index contributed by atoms with van der Waals surface area (Å²) in [5.41, 5.74) is 0. The predicted octanol–water partition coefficient (Wildman–Crippen LogP) is 0.232. The minimum Gasteiger partial charge on any atom is -0.383 e. The van der Waals surface area contributed by atoms with Crippen molar-refractivity contribution in [2.24, 2.45) is 0 Å². The summed E-state index contributed by atoms with van der Waals surface area (Å²) in [6.07, 6.45) is 2.06. The molecule has 1 aliphatic rings. The summed E-state index contributed by atoms with van der Waals surface area (Å²) in [6, 6.07) is 0.175. The van der Waals surface area contributed by atoms with Gasteiger partial charge >= 0.3 is 0 Å². The molecule has 0 aromatic carbocycles. The van der Waals surface area contributed by atoms with Crippen LogP contribution in [0.4, 0.5) is 0 Å². The number of rotatable bonds is 4. The van der Waals surface area contributed by atoms with Gasteiger partial charge in [0.25, 0.3) is 0 Å². The molecule has 0 aliphatic carbocycles. The Bertz CT molecular complexity index is 191. The van der Waals surface area contributed by atoms with E-state index in [4.69, 9.17) is 4.74 Å². The van der Waals surface area contributed by atoms with Crippen molar-refractivity contribution in [1.29, 1.82) is 0 Å². The van der Waals surface area contributed by atoms with E-state index >= 15 is 0 Å². The molecule has 1 rings (SSSR count). The lowest BCUT2D eigenvalue weighted by Crippen LogP contribution is -2.46. The maximum Gasteiger partial charge on any atom is 0.239 e. The smallest absolute Gasteiger partial charge is 0.239 e. The molecule has 4 heteroatoms. The molecule has 0 saturated carbocycles. The van der Waals surface area contributed by atoms with Crippen LogP contribution in [0, 0.1) is 0 Å². The highest BCUT2D eigenvalue weighted by Gasteiger charge is 2.26. The molecular weight excluding hydrogens is 180 g/mol. The van der Waals surface area contributed by atoms with Gasteiger partial charge in [-0.25, -0.2) is 0 Å². The number of methoxy groups -OCH3 is 1. The van der Waals surface area contributed by atoms with Crippen LogP contribution in [0.1, 0.15) is 19.8 Å². The van der Waals surface area contributed by atoms with Crippen LogP contribution in [-0.2, 0) is 9.53 Å². The first-order valence-corrected chi connectivity index (χ1v) is 5.15. The summed E-state index contributed by atoms with van der Waals surface area (Å²) in [7, 11) is 3.49. The lowest BCUT2D eigenvalue weighted by atomic mass is 10.2. The minimum absolute atomic E-state index is 0.0271. The number of carbonyl (C=O) groups excluding carboxylic acids is 1. The second kappa shape index (κ2) is 5.32. The van der Waals surface area contributed by atoms with Gasteiger partial charge in [0.1, 0.15) is 0 Å². The highest BCUT2D eigenvalue weighted by Crippen LogP contribution is 2.09. The first-order valence-electron chi connectivity index (χ1n) is 5.15. The van der Waals surface area contributed by atoms with Gasteiger partial charge in [-0.2, -0.15) is 0 Å². The van der Waals surface area contributed by atoms with E-state index in [9.17, 15) is 4.79 Å². The van der Waals surface area contributed by atoms with Crippen LogP contribution < -0.4 is 5.32 Å². The first-order chi connectivity index (χ1) is 6.66. The number of carbonyl (C=O) groups is 1. The third-order valence-electron chi connectivity index (χ3n) is 2.78. The molecule has 14 heavy (non-hydrogen) atoms. The average Bonchev–Trinajstić information content (AvgIpc) is 2.68. The van der Waals surface area contributed by atoms with E-state index in [-0.39, 0.29) is 18.0 Å². The second-order valence-corrected chi connectivity index (χ2v) is 3.90.